The second-order valence-corrected chi connectivity index (χ2v) is 4.61. The van der Waals surface area contributed by atoms with E-state index in [9.17, 15) is 20.3 Å². The SMILES string of the molecule is CCNc1ncnc(NC2O[C@H](CO)[C@@H](O)[C@H]2O)c1[N+](=O)[O-]. The molecule has 5 N–H and O–H groups in total. The van der Waals surface area contributed by atoms with Gasteiger partial charge in [-0.2, -0.15) is 0 Å². The Morgan fingerprint density at radius 1 is 1.36 bits per heavy atom. The number of nitrogens with zero attached hydrogens (tertiary/aromatic N) is 3. The van der Waals surface area contributed by atoms with Crippen molar-refractivity contribution < 1.29 is 25.0 Å². The van der Waals surface area contributed by atoms with Gasteiger partial charge in [-0.3, -0.25) is 10.1 Å². The van der Waals surface area contributed by atoms with Gasteiger partial charge in [0.05, 0.1) is 11.5 Å². The van der Waals surface area contributed by atoms with Crippen LogP contribution in [0.4, 0.5) is 17.3 Å². The van der Waals surface area contributed by atoms with Gasteiger partial charge < -0.3 is 30.7 Å². The first-order chi connectivity index (χ1) is 10.5. The van der Waals surface area contributed by atoms with Gasteiger partial charge in [0.25, 0.3) is 0 Å². The number of nitro groups is 1. The summed E-state index contributed by atoms with van der Waals surface area (Å²) in [5.74, 6) is -0.137. The fourth-order valence-corrected chi connectivity index (χ4v) is 2.11. The lowest BCUT2D eigenvalue weighted by Gasteiger charge is -2.17. The lowest BCUT2D eigenvalue weighted by molar-refractivity contribution is -0.383. The molecule has 0 amide bonds. The van der Waals surface area contributed by atoms with E-state index in [1.807, 2.05) is 0 Å². The summed E-state index contributed by atoms with van der Waals surface area (Å²) in [5, 5.41) is 45.0. The van der Waals surface area contributed by atoms with Gasteiger partial charge in [-0.1, -0.05) is 0 Å². The molecule has 11 nitrogen and oxygen atoms in total. The van der Waals surface area contributed by atoms with E-state index in [2.05, 4.69) is 20.6 Å². The zero-order valence-electron chi connectivity index (χ0n) is 11.7. The molecule has 0 aromatic carbocycles. The Bertz CT molecular complexity index is 544. The Hall–Kier alpha value is -2.08. The minimum atomic E-state index is -1.37. The van der Waals surface area contributed by atoms with Gasteiger partial charge in [0.15, 0.2) is 6.23 Å². The Balaban J connectivity index is 2.26. The van der Waals surface area contributed by atoms with Gasteiger partial charge in [-0.05, 0) is 6.92 Å². The summed E-state index contributed by atoms with van der Waals surface area (Å²) in [6.45, 7) is 1.68. The molecule has 1 fully saturated rings. The molecule has 4 atom stereocenters. The van der Waals surface area contributed by atoms with Crippen molar-refractivity contribution in [3.05, 3.63) is 16.4 Å². The zero-order valence-corrected chi connectivity index (χ0v) is 11.7. The third-order valence-corrected chi connectivity index (χ3v) is 3.17. The summed E-state index contributed by atoms with van der Waals surface area (Å²) in [5.41, 5.74) is -0.401. The zero-order chi connectivity index (χ0) is 16.3. The number of aliphatic hydroxyl groups excluding tert-OH is 3. The highest BCUT2D eigenvalue weighted by atomic mass is 16.6. The van der Waals surface area contributed by atoms with Crippen LogP contribution in [0.25, 0.3) is 0 Å². The standard InChI is InChI=1S/C11H17N5O6/c1-2-12-9-6(16(20)21)10(14-4-13-9)15-11-8(19)7(18)5(3-17)22-11/h4-5,7-8,11,17-19H,2-3H2,1H3,(H2,12,13,14,15)/t5-,7-,8-,11?/m1/s1. The average molecular weight is 315 g/mol. The predicted molar refractivity (Wildman–Crippen MR) is 74.2 cm³/mol. The van der Waals surface area contributed by atoms with Crippen LogP contribution in [-0.2, 0) is 4.74 Å². The molecule has 1 aromatic heterocycles. The van der Waals surface area contributed by atoms with Crippen LogP contribution in [-0.4, -0.2) is 67.9 Å². The number of aromatic nitrogens is 2. The molecule has 1 aliphatic rings. The lowest BCUT2D eigenvalue weighted by atomic mass is 10.1. The minimum absolute atomic E-state index is 0.0248. The topological polar surface area (TPSA) is 163 Å². The maximum Gasteiger partial charge on any atom is 0.353 e. The van der Waals surface area contributed by atoms with Crippen LogP contribution in [0, 0.1) is 10.1 Å². The number of anilines is 2. The van der Waals surface area contributed by atoms with Gasteiger partial charge in [0, 0.05) is 6.54 Å². The molecule has 0 aliphatic carbocycles. The highest BCUT2D eigenvalue weighted by Gasteiger charge is 2.43. The second kappa shape index (κ2) is 6.79. The Kier molecular flexibility index (Phi) is 5.03. The van der Waals surface area contributed by atoms with Gasteiger partial charge >= 0.3 is 5.69 Å². The molecule has 0 spiro atoms. The van der Waals surface area contributed by atoms with Crippen molar-refractivity contribution in [2.24, 2.45) is 0 Å². The maximum absolute atomic E-state index is 11.2. The van der Waals surface area contributed by atoms with Crippen LogP contribution in [0.1, 0.15) is 6.92 Å². The van der Waals surface area contributed by atoms with Crippen molar-refractivity contribution in [2.75, 3.05) is 23.8 Å². The highest BCUT2D eigenvalue weighted by Crippen LogP contribution is 2.31. The molecule has 122 valence electrons. The quantitative estimate of drug-likeness (QED) is 0.314. The monoisotopic (exact) mass is 315 g/mol. The fraction of sp³-hybridized carbons (Fsp3) is 0.636. The smallest absolute Gasteiger partial charge is 0.353 e. The van der Waals surface area contributed by atoms with Crippen LogP contribution < -0.4 is 10.6 Å². The normalized spacial score (nSPS) is 27.6. The molecule has 0 bridgehead atoms. The number of hydrogen-bond acceptors (Lipinski definition) is 10. The van der Waals surface area contributed by atoms with E-state index in [1.54, 1.807) is 6.92 Å². The van der Waals surface area contributed by atoms with Crippen molar-refractivity contribution in [1.29, 1.82) is 0 Å². The molecule has 2 heterocycles. The summed E-state index contributed by atoms with van der Waals surface area (Å²) in [7, 11) is 0. The summed E-state index contributed by atoms with van der Waals surface area (Å²) < 4.78 is 5.21. The number of nitrogens with one attached hydrogen (secondary N) is 2. The van der Waals surface area contributed by atoms with E-state index in [4.69, 9.17) is 9.84 Å². The predicted octanol–water partition coefficient (Wildman–Crippen LogP) is -1.33. The summed E-state index contributed by atoms with van der Waals surface area (Å²) in [4.78, 5) is 18.1. The van der Waals surface area contributed by atoms with Gasteiger partial charge in [-0.15, -0.1) is 0 Å². The van der Waals surface area contributed by atoms with E-state index in [-0.39, 0.29) is 11.6 Å². The molecule has 1 saturated heterocycles. The molecule has 1 aliphatic heterocycles. The molecule has 22 heavy (non-hydrogen) atoms. The molecular formula is C11H17N5O6. The summed E-state index contributed by atoms with van der Waals surface area (Å²) in [6.07, 6.45) is -3.68. The van der Waals surface area contributed by atoms with Crippen molar-refractivity contribution in [3.63, 3.8) is 0 Å². The summed E-state index contributed by atoms with van der Waals surface area (Å²) in [6, 6.07) is 0. The largest absolute Gasteiger partial charge is 0.394 e. The van der Waals surface area contributed by atoms with E-state index < -0.39 is 41.8 Å². The average Bonchev–Trinajstić information content (AvgIpc) is 2.75. The number of aliphatic hydroxyl groups is 3. The third kappa shape index (κ3) is 3.06. The molecule has 11 heteroatoms. The molecule has 0 radical (unpaired) electrons. The first-order valence-corrected chi connectivity index (χ1v) is 6.61. The van der Waals surface area contributed by atoms with Crippen LogP contribution in [0.5, 0.6) is 0 Å². The first kappa shape index (κ1) is 16.3. The van der Waals surface area contributed by atoms with Crippen molar-refractivity contribution in [3.8, 4) is 0 Å². The van der Waals surface area contributed by atoms with Crippen molar-refractivity contribution >= 4 is 17.3 Å². The molecule has 0 saturated carbocycles. The number of rotatable bonds is 6. The van der Waals surface area contributed by atoms with E-state index in [1.165, 1.54) is 0 Å². The Labute approximate surface area is 125 Å². The van der Waals surface area contributed by atoms with E-state index in [0.717, 1.165) is 6.33 Å². The number of ether oxygens (including phenoxy) is 1. The van der Waals surface area contributed by atoms with Crippen molar-refractivity contribution in [2.45, 2.75) is 31.5 Å². The third-order valence-electron chi connectivity index (χ3n) is 3.17. The molecule has 2 rings (SSSR count). The Morgan fingerprint density at radius 2 is 2.05 bits per heavy atom. The number of hydrogen-bond donors (Lipinski definition) is 5. The van der Waals surface area contributed by atoms with Gasteiger partial charge in [-0.25, -0.2) is 9.97 Å². The van der Waals surface area contributed by atoms with Crippen LogP contribution in [0.15, 0.2) is 6.33 Å². The van der Waals surface area contributed by atoms with Crippen LogP contribution in [0.2, 0.25) is 0 Å². The lowest BCUT2D eigenvalue weighted by Crippen LogP contribution is -2.36. The van der Waals surface area contributed by atoms with Crippen molar-refractivity contribution in [1.82, 2.24) is 9.97 Å². The molecular weight excluding hydrogens is 298 g/mol. The second-order valence-electron chi connectivity index (χ2n) is 4.61. The highest BCUT2D eigenvalue weighted by molar-refractivity contribution is 5.69. The minimum Gasteiger partial charge on any atom is -0.394 e. The van der Waals surface area contributed by atoms with Gasteiger partial charge in [0.2, 0.25) is 11.6 Å². The fourth-order valence-electron chi connectivity index (χ4n) is 2.11. The molecule has 1 aromatic rings. The van der Waals surface area contributed by atoms with Crippen LogP contribution >= 0.6 is 0 Å². The van der Waals surface area contributed by atoms with Gasteiger partial charge in [0.1, 0.15) is 24.6 Å². The first-order valence-electron chi connectivity index (χ1n) is 6.61. The summed E-state index contributed by atoms with van der Waals surface area (Å²) >= 11 is 0. The maximum atomic E-state index is 11.2. The van der Waals surface area contributed by atoms with Crippen LogP contribution in [0.3, 0.4) is 0 Å². The Morgan fingerprint density at radius 3 is 2.59 bits per heavy atom. The molecule has 1 unspecified atom stereocenters. The van der Waals surface area contributed by atoms with E-state index >= 15 is 0 Å². The van der Waals surface area contributed by atoms with E-state index in [0.29, 0.717) is 6.54 Å².